The predicted octanol–water partition coefficient (Wildman–Crippen LogP) is 6.39. The number of unbranched alkanes of at least 4 members (excludes halogenated alkanes) is 5. The van der Waals surface area contributed by atoms with E-state index in [1.54, 1.807) is 0 Å². The summed E-state index contributed by atoms with van der Waals surface area (Å²) in [4.78, 5) is 17.3. The molecule has 0 unspecified atom stereocenters. The molecule has 150 valence electrons. The Labute approximate surface area is 162 Å². The monoisotopic (exact) mass is 382 g/mol. The van der Waals surface area contributed by atoms with E-state index in [1.165, 1.54) is 42.4 Å². The molecule has 3 nitrogen and oxygen atoms in total. The molecule has 1 aromatic carbocycles. The lowest BCUT2D eigenvalue weighted by Gasteiger charge is -2.27. The van der Waals surface area contributed by atoms with Crippen LogP contribution >= 0.6 is 8.60 Å². The lowest BCUT2D eigenvalue weighted by molar-refractivity contribution is 0.248. The molecule has 2 N–H and O–H groups in total. The van der Waals surface area contributed by atoms with E-state index in [4.69, 9.17) is 14.3 Å². The van der Waals surface area contributed by atoms with Gasteiger partial charge < -0.3 is 14.3 Å². The number of benzene rings is 1. The van der Waals surface area contributed by atoms with E-state index in [1.807, 2.05) is 0 Å². The molecule has 0 heterocycles. The van der Waals surface area contributed by atoms with Gasteiger partial charge in [0.1, 0.15) is 0 Å². The molecule has 0 aliphatic heterocycles. The Bertz CT molecular complexity index is 527. The van der Waals surface area contributed by atoms with Gasteiger partial charge in [0.2, 0.25) is 0 Å². The first kappa shape index (κ1) is 23.6. The molecule has 26 heavy (non-hydrogen) atoms. The molecule has 0 aliphatic rings. The van der Waals surface area contributed by atoms with Gasteiger partial charge in [-0.25, -0.2) is 0 Å². The van der Waals surface area contributed by atoms with Crippen molar-refractivity contribution in [3.63, 3.8) is 0 Å². The predicted molar refractivity (Wildman–Crippen MR) is 113 cm³/mol. The van der Waals surface area contributed by atoms with Gasteiger partial charge in [0.15, 0.2) is 0 Å². The van der Waals surface area contributed by atoms with Crippen LogP contribution in [0.5, 0.6) is 0 Å². The second-order valence-corrected chi connectivity index (χ2v) is 10.1. The van der Waals surface area contributed by atoms with Crippen molar-refractivity contribution in [2.75, 3.05) is 6.61 Å². The van der Waals surface area contributed by atoms with Gasteiger partial charge in [0, 0.05) is 0 Å². The summed E-state index contributed by atoms with van der Waals surface area (Å²) in [5.74, 6) is 0. The highest BCUT2D eigenvalue weighted by molar-refractivity contribution is 7.39. The second-order valence-electron chi connectivity index (χ2n) is 9.33. The Hall–Kier alpha value is -0.470. The largest absolute Gasteiger partial charge is 0.328 e. The van der Waals surface area contributed by atoms with Crippen LogP contribution in [0.3, 0.4) is 0 Å². The van der Waals surface area contributed by atoms with E-state index in [0.29, 0.717) is 6.61 Å². The fourth-order valence-corrected chi connectivity index (χ4v) is 3.52. The molecule has 0 spiro atoms. The Morgan fingerprint density at radius 3 is 1.92 bits per heavy atom. The van der Waals surface area contributed by atoms with Gasteiger partial charge in [-0.15, -0.1) is 0 Å². The van der Waals surface area contributed by atoms with Crippen LogP contribution in [0.15, 0.2) is 18.2 Å². The van der Waals surface area contributed by atoms with Crippen molar-refractivity contribution >= 4 is 8.60 Å². The highest BCUT2D eigenvalue weighted by atomic mass is 31.2. The van der Waals surface area contributed by atoms with Crippen LogP contribution in [-0.4, -0.2) is 16.4 Å². The molecule has 0 saturated heterocycles. The van der Waals surface area contributed by atoms with Crippen molar-refractivity contribution in [3.05, 3.63) is 34.9 Å². The lowest BCUT2D eigenvalue weighted by Crippen LogP contribution is -2.18. The molecule has 0 amide bonds. The zero-order valence-corrected chi connectivity index (χ0v) is 18.5. The van der Waals surface area contributed by atoms with E-state index in [-0.39, 0.29) is 10.8 Å². The van der Waals surface area contributed by atoms with Gasteiger partial charge in [0.25, 0.3) is 0 Å². The standard InChI is InChI=1S/C22H39O3P/c1-21(2,3)19-15-14-18(20(17-19)22(4,5)6)13-11-9-7-8-10-12-16-25-26(23)24/h14-15,17,23-24H,7-13,16H2,1-6H3. The van der Waals surface area contributed by atoms with E-state index in [0.717, 1.165) is 19.3 Å². The first-order valence-corrected chi connectivity index (χ1v) is 11.1. The lowest BCUT2D eigenvalue weighted by atomic mass is 9.77. The van der Waals surface area contributed by atoms with Crippen LogP contribution in [0.1, 0.15) is 96.8 Å². The van der Waals surface area contributed by atoms with Crippen LogP contribution in [0.4, 0.5) is 0 Å². The minimum absolute atomic E-state index is 0.176. The summed E-state index contributed by atoms with van der Waals surface area (Å²) in [6, 6.07) is 7.08. The molecule has 0 saturated carbocycles. The van der Waals surface area contributed by atoms with Crippen molar-refractivity contribution in [3.8, 4) is 0 Å². The number of aryl methyl sites for hydroxylation is 1. The highest BCUT2D eigenvalue weighted by Gasteiger charge is 2.21. The molecule has 1 rings (SSSR count). The van der Waals surface area contributed by atoms with Crippen LogP contribution in [0, 0.1) is 0 Å². The van der Waals surface area contributed by atoms with Gasteiger partial charge >= 0.3 is 8.60 Å². The zero-order valence-electron chi connectivity index (χ0n) is 17.6. The summed E-state index contributed by atoms with van der Waals surface area (Å²) in [6.07, 6.45) is 8.05. The van der Waals surface area contributed by atoms with E-state index in [9.17, 15) is 0 Å². The average Bonchev–Trinajstić information content (AvgIpc) is 2.51. The Morgan fingerprint density at radius 2 is 1.38 bits per heavy atom. The van der Waals surface area contributed by atoms with Crippen molar-refractivity contribution in [2.24, 2.45) is 0 Å². The minimum atomic E-state index is -2.18. The molecular formula is C22H39O3P. The summed E-state index contributed by atoms with van der Waals surface area (Å²) in [5, 5.41) is 0. The fourth-order valence-electron chi connectivity index (χ4n) is 3.23. The molecule has 0 radical (unpaired) electrons. The quantitative estimate of drug-likeness (QED) is 0.364. The molecule has 0 aliphatic carbocycles. The first-order valence-electron chi connectivity index (χ1n) is 9.96. The molecule has 0 fully saturated rings. The number of rotatable bonds is 10. The van der Waals surface area contributed by atoms with Crippen LogP contribution in [0.2, 0.25) is 0 Å². The van der Waals surface area contributed by atoms with Crippen molar-refractivity contribution in [1.82, 2.24) is 0 Å². The van der Waals surface area contributed by atoms with Gasteiger partial charge in [0.05, 0.1) is 6.61 Å². The van der Waals surface area contributed by atoms with E-state index in [2.05, 4.69) is 59.7 Å². The van der Waals surface area contributed by atoms with Crippen LogP contribution < -0.4 is 0 Å². The summed E-state index contributed by atoms with van der Waals surface area (Å²) in [7, 11) is -2.18. The molecule has 1 aromatic rings. The Kier molecular flexibility index (Phi) is 9.75. The van der Waals surface area contributed by atoms with Gasteiger partial charge in [-0.3, -0.25) is 0 Å². The molecule has 0 atom stereocenters. The smallest absolute Gasteiger partial charge is 0.327 e. The Balaban J connectivity index is 2.45. The Morgan fingerprint density at radius 1 is 0.808 bits per heavy atom. The summed E-state index contributed by atoms with van der Waals surface area (Å²) in [6.45, 7) is 14.2. The highest BCUT2D eigenvalue weighted by Crippen LogP contribution is 2.32. The average molecular weight is 383 g/mol. The van der Waals surface area contributed by atoms with Crippen LogP contribution in [-0.2, 0) is 21.8 Å². The third-order valence-corrected chi connectivity index (χ3v) is 5.24. The van der Waals surface area contributed by atoms with Crippen LogP contribution in [0.25, 0.3) is 0 Å². The van der Waals surface area contributed by atoms with E-state index >= 15 is 0 Å². The number of hydrogen-bond acceptors (Lipinski definition) is 3. The topological polar surface area (TPSA) is 49.7 Å². The molecular weight excluding hydrogens is 343 g/mol. The van der Waals surface area contributed by atoms with Crippen molar-refractivity contribution in [1.29, 1.82) is 0 Å². The SMILES string of the molecule is CC(C)(C)c1ccc(CCCCCCCCOP(O)O)c(C(C)(C)C)c1. The summed E-state index contributed by atoms with van der Waals surface area (Å²) >= 11 is 0. The normalized spacial score (nSPS) is 12.8. The summed E-state index contributed by atoms with van der Waals surface area (Å²) in [5.41, 5.74) is 4.78. The van der Waals surface area contributed by atoms with Crippen molar-refractivity contribution in [2.45, 2.75) is 97.3 Å². The second kappa shape index (κ2) is 10.8. The number of hydrogen-bond donors (Lipinski definition) is 2. The third-order valence-electron chi connectivity index (χ3n) is 4.83. The van der Waals surface area contributed by atoms with Crippen molar-refractivity contribution < 1.29 is 14.3 Å². The van der Waals surface area contributed by atoms with Gasteiger partial charge in [-0.1, -0.05) is 85.4 Å². The minimum Gasteiger partial charge on any atom is -0.328 e. The zero-order chi connectivity index (χ0) is 19.8. The maximum atomic E-state index is 8.67. The molecule has 0 aromatic heterocycles. The maximum Gasteiger partial charge on any atom is 0.327 e. The molecule has 0 bridgehead atoms. The summed E-state index contributed by atoms with van der Waals surface area (Å²) < 4.78 is 4.78. The van der Waals surface area contributed by atoms with Gasteiger partial charge in [-0.05, 0) is 46.8 Å². The maximum absolute atomic E-state index is 8.67. The van der Waals surface area contributed by atoms with Gasteiger partial charge in [-0.2, -0.15) is 0 Å². The fraction of sp³-hybridized carbons (Fsp3) is 0.727. The van der Waals surface area contributed by atoms with E-state index < -0.39 is 8.60 Å². The first-order chi connectivity index (χ1) is 12.0. The third kappa shape index (κ3) is 8.95. The molecule has 4 heteroatoms.